The van der Waals surface area contributed by atoms with Gasteiger partial charge in [-0.3, -0.25) is 9.59 Å². The monoisotopic (exact) mass is 514 g/mol. The number of aliphatic hydroxyl groups is 1. The number of aliphatic hydroxyl groups excluding tert-OH is 1. The molecule has 3 aliphatic heterocycles. The van der Waals surface area contributed by atoms with E-state index in [-0.39, 0.29) is 36.9 Å². The van der Waals surface area contributed by atoms with Gasteiger partial charge in [0.15, 0.2) is 0 Å². The minimum Gasteiger partial charge on any atom is -0.490 e. The van der Waals surface area contributed by atoms with Crippen molar-refractivity contribution in [3.8, 4) is 5.75 Å². The van der Waals surface area contributed by atoms with Crippen LogP contribution in [0.15, 0.2) is 42.5 Å². The fraction of sp³-hybridized carbons (Fsp3) is 0.481. The molecule has 3 aliphatic rings. The van der Waals surface area contributed by atoms with Gasteiger partial charge in [-0.25, -0.2) is 0 Å². The molecule has 9 heteroatoms. The molecule has 4 atom stereocenters. The first-order valence-corrected chi connectivity index (χ1v) is 12.8. The van der Waals surface area contributed by atoms with Crippen LogP contribution in [0.3, 0.4) is 0 Å². The summed E-state index contributed by atoms with van der Waals surface area (Å²) in [6.07, 6.45) is 1.11. The summed E-state index contributed by atoms with van der Waals surface area (Å²) < 4.78 is 17.9. The van der Waals surface area contributed by atoms with Gasteiger partial charge in [-0.1, -0.05) is 23.7 Å². The Balaban J connectivity index is 1.32. The Labute approximate surface area is 215 Å². The lowest BCUT2D eigenvalue weighted by atomic mass is 9.76. The first kappa shape index (κ1) is 25.0. The van der Waals surface area contributed by atoms with Crippen molar-refractivity contribution in [2.75, 3.05) is 25.1 Å². The van der Waals surface area contributed by atoms with Gasteiger partial charge in [0.25, 0.3) is 0 Å². The number of fused-ring (bicyclic) bond motifs is 4. The van der Waals surface area contributed by atoms with Gasteiger partial charge in [0.05, 0.1) is 44.4 Å². The lowest BCUT2D eigenvalue weighted by Crippen LogP contribution is -2.48. The Kier molecular flexibility index (Phi) is 7.76. The summed E-state index contributed by atoms with van der Waals surface area (Å²) in [6.45, 7) is 1.39. The third kappa shape index (κ3) is 5.67. The molecule has 2 aromatic rings. The Morgan fingerprint density at radius 3 is 2.69 bits per heavy atom. The number of nitrogens with one attached hydrogen (secondary N) is 2. The second-order valence-electron chi connectivity index (χ2n) is 9.63. The van der Waals surface area contributed by atoms with E-state index >= 15 is 0 Å². The third-order valence-corrected chi connectivity index (χ3v) is 7.41. The zero-order valence-corrected chi connectivity index (χ0v) is 20.7. The van der Waals surface area contributed by atoms with Gasteiger partial charge >= 0.3 is 0 Å². The number of halogens is 1. The molecule has 8 nitrogen and oxygen atoms in total. The number of hydrogen-bond donors (Lipinski definition) is 3. The number of carbonyl (C=O) groups is 2. The highest BCUT2D eigenvalue weighted by Crippen LogP contribution is 2.46. The maximum absolute atomic E-state index is 13.1. The number of amides is 2. The highest BCUT2D eigenvalue weighted by Gasteiger charge is 2.46. The van der Waals surface area contributed by atoms with Crippen molar-refractivity contribution in [3.05, 3.63) is 58.6 Å². The summed E-state index contributed by atoms with van der Waals surface area (Å²) >= 11 is 5.93. The van der Waals surface area contributed by atoms with E-state index in [0.717, 1.165) is 29.7 Å². The maximum Gasteiger partial charge on any atom is 0.230 e. The highest BCUT2D eigenvalue weighted by molar-refractivity contribution is 6.30. The van der Waals surface area contributed by atoms with Crippen molar-refractivity contribution in [1.82, 2.24) is 5.32 Å². The van der Waals surface area contributed by atoms with Crippen LogP contribution in [0.5, 0.6) is 5.75 Å². The topological polar surface area (TPSA) is 106 Å². The second-order valence-corrected chi connectivity index (χ2v) is 10.1. The van der Waals surface area contributed by atoms with Crippen molar-refractivity contribution in [2.24, 2.45) is 5.92 Å². The zero-order valence-electron chi connectivity index (χ0n) is 20.0. The molecular weight excluding hydrogens is 484 g/mol. The number of carbonyl (C=O) groups excluding carboxylic acids is 2. The lowest BCUT2D eigenvalue weighted by molar-refractivity contribution is -0.148. The minimum atomic E-state index is -0.719. The fourth-order valence-electron chi connectivity index (χ4n) is 5.34. The van der Waals surface area contributed by atoms with E-state index in [1.54, 1.807) is 12.1 Å². The summed E-state index contributed by atoms with van der Waals surface area (Å²) in [6, 6.07) is 13.0. The fourth-order valence-corrected chi connectivity index (χ4v) is 5.47. The largest absolute Gasteiger partial charge is 0.490 e. The zero-order chi connectivity index (χ0) is 25.1. The quantitative estimate of drug-likeness (QED) is 0.523. The van der Waals surface area contributed by atoms with E-state index in [9.17, 15) is 14.7 Å². The van der Waals surface area contributed by atoms with Crippen LogP contribution < -0.4 is 15.4 Å². The summed E-state index contributed by atoms with van der Waals surface area (Å²) in [7, 11) is 0. The molecule has 192 valence electrons. The maximum atomic E-state index is 13.1. The van der Waals surface area contributed by atoms with Gasteiger partial charge in [0.1, 0.15) is 11.9 Å². The molecule has 0 aromatic heterocycles. The van der Waals surface area contributed by atoms with Crippen LogP contribution >= 0.6 is 11.6 Å². The van der Waals surface area contributed by atoms with Crippen LogP contribution in [0.2, 0.25) is 5.02 Å². The molecule has 0 radical (unpaired) electrons. The summed E-state index contributed by atoms with van der Waals surface area (Å²) in [4.78, 5) is 25.9. The number of hydrogen-bond acceptors (Lipinski definition) is 6. The highest BCUT2D eigenvalue weighted by atomic mass is 35.5. The Morgan fingerprint density at radius 1 is 1.17 bits per heavy atom. The average molecular weight is 515 g/mol. The Morgan fingerprint density at radius 2 is 1.94 bits per heavy atom. The van der Waals surface area contributed by atoms with Crippen molar-refractivity contribution in [3.63, 3.8) is 0 Å². The Hall–Kier alpha value is -2.65. The standard InChI is InChI=1S/C27H31ClN2O6/c28-17-3-1-16(2-4-17)14-29-25(32)13-20-12-22-21-11-18(30-27(33)26(22)24(15-31)36-20)5-6-23(21)35-19-7-9-34-10-8-19/h1-6,11,19-20,22,24,26,31H,7-10,12-15H2,(H,29,32)(H,30,33)/t20-,22+,24+,26-/m0/s1. The van der Waals surface area contributed by atoms with Crippen LogP contribution in [0, 0.1) is 5.92 Å². The van der Waals surface area contributed by atoms with Crippen LogP contribution in [0.1, 0.15) is 42.7 Å². The van der Waals surface area contributed by atoms with E-state index in [1.165, 1.54) is 0 Å². The number of anilines is 1. The van der Waals surface area contributed by atoms with Crippen LogP contribution in [0.4, 0.5) is 5.69 Å². The molecular formula is C27H31ClN2O6. The number of rotatable bonds is 7. The predicted molar refractivity (Wildman–Crippen MR) is 134 cm³/mol. The lowest BCUT2D eigenvalue weighted by Gasteiger charge is -2.40. The van der Waals surface area contributed by atoms with Gasteiger partial charge in [0.2, 0.25) is 11.8 Å². The molecule has 2 saturated heterocycles. The summed E-state index contributed by atoms with van der Waals surface area (Å²) in [5.41, 5.74) is 2.55. The Bertz CT molecular complexity index is 1090. The normalized spacial score (nSPS) is 25.9. The molecule has 0 spiro atoms. The van der Waals surface area contributed by atoms with E-state index in [4.69, 9.17) is 25.8 Å². The average Bonchev–Trinajstić information content (AvgIpc) is 2.99. The first-order valence-electron chi connectivity index (χ1n) is 12.5. The summed E-state index contributed by atoms with van der Waals surface area (Å²) in [5, 5.41) is 16.6. The molecule has 2 amide bonds. The van der Waals surface area contributed by atoms with E-state index in [1.807, 2.05) is 30.3 Å². The van der Waals surface area contributed by atoms with Gasteiger partial charge in [0, 0.05) is 41.6 Å². The van der Waals surface area contributed by atoms with Gasteiger partial charge < -0.3 is 30.0 Å². The SMILES string of the molecule is O=C(C[C@@H]1C[C@@H]2c3cc(ccc3OC3CCOCC3)NC(=O)[C@@H]2[C@@H](CO)O1)NCc1ccc(Cl)cc1. The van der Waals surface area contributed by atoms with Crippen molar-refractivity contribution in [2.45, 2.75) is 56.5 Å². The minimum absolute atomic E-state index is 0.0501. The molecule has 0 unspecified atom stereocenters. The second kappa shape index (κ2) is 11.2. The number of benzene rings is 2. The predicted octanol–water partition coefficient (Wildman–Crippen LogP) is 3.41. The summed E-state index contributed by atoms with van der Waals surface area (Å²) in [5.74, 6) is -0.442. The van der Waals surface area contributed by atoms with Crippen molar-refractivity contribution < 1.29 is 28.9 Å². The smallest absolute Gasteiger partial charge is 0.230 e. The molecule has 36 heavy (non-hydrogen) atoms. The molecule has 0 aliphatic carbocycles. The van der Waals surface area contributed by atoms with Crippen LogP contribution in [-0.4, -0.2) is 55.1 Å². The van der Waals surface area contributed by atoms with Crippen LogP contribution in [-0.2, 0) is 25.6 Å². The van der Waals surface area contributed by atoms with Gasteiger partial charge in [-0.05, 0) is 42.3 Å². The van der Waals surface area contributed by atoms with Gasteiger partial charge in [-0.15, -0.1) is 0 Å². The molecule has 3 N–H and O–H groups in total. The molecule has 2 bridgehead atoms. The van der Waals surface area contributed by atoms with E-state index < -0.39 is 18.1 Å². The van der Waals surface area contributed by atoms with Crippen molar-refractivity contribution >= 4 is 29.1 Å². The van der Waals surface area contributed by atoms with Crippen molar-refractivity contribution in [1.29, 1.82) is 0 Å². The molecule has 0 saturated carbocycles. The van der Waals surface area contributed by atoms with Crippen LogP contribution in [0.25, 0.3) is 0 Å². The molecule has 3 heterocycles. The molecule has 2 fully saturated rings. The third-order valence-electron chi connectivity index (χ3n) is 7.16. The number of ether oxygens (including phenoxy) is 3. The molecule has 2 aromatic carbocycles. The van der Waals surface area contributed by atoms with Gasteiger partial charge in [-0.2, -0.15) is 0 Å². The van der Waals surface area contributed by atoms with E-state index in [2.05, 4.69) is 10.6 Å². The van der Waals surface area contributed by atoms with E-state index in [0.29, 0.717) is 36.9 Å². The molecule has 5 rings (SSSR count). The first-order chi connectivity index (χ1) is 17.5.